The second kappa shape index (κ2) is 4.87. The first-order valence-electron chi connectivity index (χ1n) is 5.09. The number of halogens is 1. The molecule has 0 bridgehead atoms. The first-order chi connectivity index (χ1) is 8.08. The summed E-state index contributed by atoms with van der Waals surface area (Å²) < 4.78 is 2.88. The Bertz CT molecular complexity index is 586. The third kappa shape index (κ3) is 2.66. The maximum atomic E-state index is 12.0. The Morgan fingerprint density at radius 3 is 2.94 bits per heavy atom. The number of hydrogen-bond donors (Lipinski definition) is 0. The van der Waals surface area contributed by atoms with Crippen LogP contribution in [0.2, 0.25) is 0 Å². The van der Waals surface area contributed by atoms with Gasteiger partial charge in [-0.25, -0.2) is 4.98 Å². The van der Waals surface area contributed by atoms with Crippen LogP contribution in [-0.4, -0.2) is 34.2 Å². The van der Waals surface area contributed by atoms with E-state index in [1.54, 1.807) is 18.5 Å². The molecule has 2 aromatic heterocycles. The zero-order valence-corrected chi connectivity index (χ0v) is 11.7. The minimum atomic E-state index is -0.0480. The number of imidazole rings is 1. The van der Waals surface area contributed by atoms with E-state index in [1.165, 1.54) is 0 Å². The number of carbonyl (C=O) groups is 1. The molecule has 88 valence electrons. The number of pyridine rings is 1. The molecule has 0 radical (unpaired) electrons. The van der Waals surface area contributed by atoms with Crippen LogP contribution in [0.25, 0.3) is 5.65 Å². The maximum Gasteiger partial charge on any atom is 0.205 e. The van der Waals surface area contributed by atoms with Gasteiger partial charge in [-0.2, -0.15) is 0 Å². The fraction of sp³-hybridized carbons (Fsp3) is 0.167. The molecule has 0 aliphatic heterocycles. The summed E-state index contributed by atoms with van der Waals surface area (Å²) in [6.45, 7) is 0. The van der Waals surface area contributed by atoms with Gasteiger partial charge in [-0.15, -0.1) is 0 Å². The van der Waals surface area contributed by atoms with Gasteiger partial charge in [-0.1, -0.05) is 0 Å². The number of hydrogen-bond acceptors (Lipinski definition) is 3. The Morgan fingerprint density at radius 2 is 2.24 bits per heavy atom. The Labute approximate surface area is 113 Å². The highest BCUT2D eigenvalue weighted by atomic mass is 127. The number of allylic oxidation sites excluding steroid dienone is 1. The summed E-state index contributed by atoms with van der Waals surface area (Å²) in [6, 6.07) is 3.86. The SMILES string of the molecule is CN(C)C=CC(=O)c1cnc2ccc(I)cn12. The van der Waals surface area contributed by atoms with Crippen molar-refractivity contribution in [1.82, 2.24) is 14.3 Å². The molecule has 17 heavy (non-hydrogen) atoms. The number of carbonyl (C=O) groups excluding carboxylic acids is 1. The van der Waals surface area contributed by atoms with Gasteiger partial charge in [-0.05, 0) is 34.7 Å². The van der Waals surface area contributed by atoms with Crippen molar-refractivity contribution in [2.24, 2.45) is 0 Å². The average molecular weight is 341 g/mol. The van der Waals surface area contributed by atoms with Crippen LogP contribution in [0.15, 0.2) is 36.8 Å². The number of nitrogens with zero attached hydrogens (tertiary/aromatic N) is 3. The fourth-order valence-corrected chi connectivity index (χ4v) is 1.90. The Morgan fingerprint density at radius 1 is 1.47 bits per heavy atom. The largest absolute Gasteiger partial charge is 0.383 e. The number of ketones is 1. The monoisotopic (exact) mass is 341 g/mol. The molecule has 0 fully saturated rings. The van der Waals surface area contributed by atoms with E-state index in [0.717, 1.165) is 9.22 Å². The summed E-state index contributed by atoms with van der Waals surface area (Å²) >= 11 is 2.21. The van der Waals surface area contributed by atoms with Gasteiger partial charge in [-0.3, -0.25) is 9.20 Å². The highest BCUT2D eigenvalue weighted by Gasteiger charge is 2.09. The molecule has 0 aromatic carbocycles. The Balaban J connectivity index is 2.42. The van der Waals surface area contributed by atoms with Gasteiger partial charge in [0.05, 0.1) is 6.20 Å². The number of fused-ring (bicyclic) bond motifs is 1. The molecule has 4 nitrogen and oxygen atoms in total. The molecule has 0 amide bonds. The predicted molar refractivity (Wildman–Crippen MR) is 75.1 cm³/mol. The summed E-state index contributed by atoms with van der Waals surface area (Å²) in [5.41, 5.74) is 1.36. The van der Waals surface area contributed by atoms with E-state index in [0.29, 0.717) is 5.69 Å². The van der Waals surface area contributed by atoms with Crippen molar-refractivity contribution in [3.05, 3.63) is 46.1 Å². The van der Waals surface area contributed by atoms with Crippen molar-refractivity contribution >= 4 is 34.0 Å². The lowest BCUT2D eigenvalue weighted by Gasteiger charge is -2.03. The van der Waals surface area contributed by atoms with E-state index in [-0.39, 0.29) is 5.78 Å². The summed E-state index contributed by atoms with van der Waals surface area (Å²) in [7, 11) is 3.75. The topological polar surface area (TPSA) is 37.6 Å². The van der Waals surface area contributed by atoms with Crippen LogP contribution < -0.4 is 0 Å². The zero-order chi connectivity index (χ0) is 12.4. The molecule has 0 saturated heterocycles. The molecule has 0 atom stereocenters. The van der Waals surface area contributed by atoms with Gasteiger partial charge < -0.3 is 4.90 Å². The smallest absolute Gasteiger partial charge is 0.205 e. The van der Waals surface area contributed by atoms with E-state index in [9.17, 15) is 4.79 Å². The predicted octanol–water partition coefficient (Wildman–Crippen LogP) is 2.20. The first-order valence-corrected chi connectivity index (χ1v) is 6.17. The molecule has 2 aromatic rings. The van der Waals surface area contributed by atoms with Crippen LogP contribution in [0, 0.1) is 3.57 Å². The van der Waals surface area contributed by atoms with Crippen molar-refractivity contribution in [3.8, 4) is 0 Å². The highest BCUT2D eigenvalue weighted by Crippen LogP contribution is 2.11. The standard InChI is InChI=1S/C12H12IN3O/c1-15(2)6-5-11(17)10-7-14-12-4-3-9(13)8-16(10)12/h3-8H,1-2H3. The van der Waals surface area contributed by atoms with Crippen LogP contribution in [-0.2, 0) is 0 Å². The molecular formula is C12H12IN3O. The van der Waals surface area contributed by atoms with Gasteiger partial charge in [0.2, 0.25) is 5.78 Å². The minimum Gasteiger partial charge on any atom is -0.383 e. The lowest BCUT2D eigenvalue weighted by molar-refractivity contribution is 0.104. The normalized spacial score (nSPS) is 11.2. The molecule has 5 heteroatoms. The van der Waals surface area contributed by atoms with Gasteiger partial charge in [0.25, 0.3) is 0 Å². The second-order valence-corrected chi connectivity index (χ2v) is 5.11. The summed E-state index contributed by atoms with van der Waals surface area (Å²) in [4.78, 5) is 18.0. The molecule has 0 unspecified atom stereocenters. The van der Waals surface area contributed by atoms with Crippen LogP contribution in [0.1, 0.15) is 10.5 Å². The summed E-state index contributed by atoms with van der Waals surface area (Å²) in [5.74, 6) is -0.0480. The zero-order valence-electron chi connectivity index (χ0n) is 9.59. The Kier molecular flexibility index (Phi) is 3.46. The molecular weight excluding hydrogens is 329 g/mol. The van der Waals surface area contributed by atoms with Crippen molar-refractivity contribution in [1.29, 1.82) is 0 Å². The molecule has 2 heterocycles. The van der Waals surface area contributed by atoms with Crippen LogP contribution in [0.5, 0.6) is 0 Å². The molecule has 0 saturated carbocycles. The second-order valence-electron chi connectivity index (χ2n) is 3.86. The molecule has 2 rings (SSSR count). The average Bonchev–Trinajstić information content (AvgIpc) is 2.68. The van der Waals surface area contributed by atoms with Crippen molar-refractivity contribution in [2.45, 2.75) is 0 Å². The van der Waals surface area contributed by atoms with Crippen molar-refractivity contribution < 1.29 is 4.79 Å². The van der Waals surface area contributed by atoms with Gasteiger partial charge >= 0.3 is 0 Å². The summed E-state index contributed by atoms with van der Waals surface area (Å²) in [5, 5.41) is 0. The lowest BCUT2D eigenvalue weighted by atomic mass is 10.3. The van der Waals surface area contributed by atoms with Crippen LogP contribution in [0.3, 0.4) is 0 Å². The highest BCUT2D eigenvalue weighted by molar-refractivity contribution is 14.1. The summed E-state index contributed by atoms with van der Waals surface area (Å²) in [6.07, 6.45) is 6.78. The van der Waals surface area contributed by atoms with Crippen molar-refractivity contribution in [2.75, 3.05) is 14.1 Å². The molecule has 0 aliphatic carbocycles. The van der Waals surface area contributed by atoms with E-state index < -0.39 is 0 Å². The van der Waals surface area contributed by atoms with Crippen molar-refractivity contribution in [3.63, 3.8) is 0 Å². The third-order valence-electron chi connectivity index (χ3n) is 2.25. The minimum absolute atomic E-state index is 0.0480. The molecule has 0 aliphatic rings. The van der Waals surface area contributed by atoms with Crippen LogP contribution in [0.4, 0.5) is 0 Å². The third-order valence-corrected chi connectivity index (χ3v) is 2.88. The lowest BCUT2D eigenvalue weighted by Crippen LogP contribution is -2.05. The van der Waals surface area contributed by atoms with Crippen LogP contribution >= 0.6 is 22.6 Å². The van der Waals surface area contributed by atoms with E-state index in [4.69, 9.17) is 0 Å². The first kappa shape index (κ1) is 12.1. The number of aromatic nitrogens is 2. The van der Waals surface area contributed by atoms with Gasteiger partial charge in [0.1, 0.15) is 11.3 Å². The molecule has 0 N–H and O–H groups in total. The quantitative estimate of drug-likeness (QED) is 0.488. The fourth-order valence-electron chi connectivity index (χ4n) is 1.44. The number of rotatable bonds is 3. The van der Waals surface area contributed by atoms with E-state index in [1.807, 2.05) is 41.7 Å². The van der Waals surface area contributed by atoms with Gasteiger partial charge in [0, 0.05) is 36.1 Å². The van der Waals surface area contributed by atoms with E-state index in [2.05, 4.69) is 27.6 Å². The van der Waals surface area contributed by atoms with E-state index >= 15 is 0 Å². The maximum absolute atomic E-state index is 12.0. The van der Waals surface area contributed by atoms with Gasteiger partial charge in [0.15, 0.2) is 0 Å². The molecule has 0 spiro atoms. The Hall–Kier alpha value is -1.37.